The molecule has 3 aliphatic rings. The number of nitrogens with one attached hydrogen (secondary N) is 1. The zero-order chi connectivity index (χ0) is 22.6. The van der Waals surface area contributed by atoms with E-state index in [0.29, 0.717) is 24.5 Å². The summed E-state index contributed by atoms with van der Waals surface area (Å²) in [6.07, 6.45) is 5.38. The average molecular weight is 458 g/mol. The molecule has 2 aliphatic heterocycles. The molecule has 3 N–H and O–H groups in total. The molecule has 9 heteroatoms. The molecule has 172 valence electrons. The van der Waals surface area contributed by atoms with Crippen molar-refractivity contribution in [3.63, 3.8) is 0 Å². The molecule has 2 aromatic carbocycles. The largest absolute Gasteiger partial charge is 0.460 e. The molecule has 8 nitrogen and oxygen atoms in total. The number of hydrogen-bond acceptors (Lipinski definition) is 6. The summed E-state index contributed by atoms with van der Waals surface area (Å²) in [7, 11) is -1.56. The van der Waals surface area contributed by atoms with E-state index in [-0.39, 0.29) is 12.6 Å². The van der Waals surface area contributed by atoms with Crippen molar-refractivity contribution in [1.29, 1.82) is 0 Å². The lowest BCUT2D eigenvalue weighted by Gasteiger charge is -2.31. The normalized spacial score (nSPS) is 18.8. The Kier molecular flexibility index (Phi) is 6.98. The van der Waals surface area contributed by atoms with E-state index in [4.69, 9.17) is 10.5 Å². The Morgan fingerprint density at radius 1 is 0.969 bits per heavy atom. The summed E-state index contributed by atoms with van der Waals surface area (Å²) in [6.45, 7) is 2.72. The fourth-order valence-corrected chi connectivity index (χ4v) is 5.29. The van der Waals surface area contributed by atoms with Crippen molar-refractivity contribution in [2.75, 3.05) is 37.9 Å². The smallest absolute Gasteiger partial charge is 0.301 e. The van der Waals surface area contributed by atoms with E-state index >= 15 is 0 Å². The molecule has 2 heterocycles. The molecule has 0 saturated carbocycles. The van der Waals surface area contributed by atoms with Crippen LogP contribution < -0.4 is 10.5 Å². The van der Waals surface area contributed by atoms with Crippen LogP contribution in [0.3, 0.4) is 0 Å². The van der Waals surface area contributed by atoms with Crippen LogP contribution in [0, 0.1) is 0 Å². The third-order valence-electron chi connectivity index (χ3n) is 6.00. The Hall–Kier alpha value is -2.62. The standard InChI is InChI=1S/C13H19N5O3S.C10H12/c1-17-4-6-18(7-5-17)22(19,20)16-11-2-3-12-10(8-11)9-21-13(14)15-12;1-2-6-10-8-4-3-7-9(10)5-1/h2-3,8,16H,4-7,9H2,1H3,(H2,14,15);1-2,5-6H,3-4,7-8H2. The van der Waals surface area contributed by atoms with Crippen molar-refractivity contribution in [2.24, 2.45) is 10.7 Å². The topological polar surface area (TPSA) is 100 Å². The molecule has 2 aromatic rings. The number of hydrogen-bond donors (Lipinski definition) is 2. The monoisotopic (exact) mass is 457 g/mol. The van der Waals surface area contributed by atoms with E-state index in [1.807, 2.05) is 7.05 Å². The lowest BCUT2D eigenvalue weighted by molar-refractivity contribution is 0.223. The number of fused-ring (bicyclic) bond motifs is 2. The van der Waals surface area contributed by atoms with Crippen LogP contribution >= 0.6 is 0 Å². The lowest BCUT2D eigenvalue weighted by atomic mass is 9.92. The molecule has 0 aromatic heterocycles. The van der Waals surface area contributed by atoms with Gasteiger partial charge in [0.15, 0.2) is 0 Å². The zero-order valence-corrected chi connectivity index (χ0v) is 19.3. The summed E-state index contributed by atoms with van der Waals surface area (Å²) in [5.74, 6) is 0. The van der Waals surface area contributed by atoms with Crippen molar-refractivity contribution in [3.05, 3.63) is 59.2 Å². The SMILES string of the molecule is CN1CCN(S(=O)(=O)Nc2ccc3c(c2)COC(N)=N3)CC1.c1ccc2c(c1)CCCC2. The fourth-order valence-electron chi connectivity index (χ4n) is 4.09. The predicted molar refractivity (Wildman–Crippen MR) is 127 cm³/mol. The van der Waals surface area contributed by atoms with Gasteiger partial charge in [-0.15, -0.1) is 0 Å². The molecular weight excluding hydrogens is 426 g/mol. The molecule has 0 radical (unpaired) electrons. The maximum Gasteiger partial charge on any atom is 0.301 e. The van der Waals surface area contributed by atoms with E-state index in [9.17, 15) is 8.42 Å². The molecule has 1 fully saturated rings. The molecule has 32 heavy (non-hydrogen) atoms. The number of rotatable bonds is 3. The number of amidine groups is 1. The van der Waals surface area contributed by atoms with Crippen LogP contribution in [0.25, 0.3) is 0 Å². The van der Waals surface area contributed by atoms with Gasteiger partial charge in [-0.05, 0) is 62.1 Å². The quantitative estimate of drug-likeness (QED) is 0.738. The summed E-state index contributed by atoms with van der Waals surface area (Å²) in [5.41, 5.74) is 10.7. The number of nitrogens with two attached hydrogens (primary N) is 1. The third kappa shape index (κ3) is 5.59. The summed E-state index contributed by atoms with van der Waals surface area (Å²) >= 11 is 0. The minimum atomic E-state index is -3.54. The second-order valence-corrected chi connectivity index (χ2v) is 10.0. The van der Waals surface area contributed by atoms with Gasteiger partial charge in [0.2, 0.25) is 0 Å². The summed E-state index contributed by atoms with van der Waals surface area (Å²) < 4.78 is 34.0. The van der Waals surface area contributed by atoms with E-state index in [2.05, 4.69) is 38.9 Å². The minimum Gasteiger partial charge on any atom is -0.460 e. The summed E-state index contributed by atoms with van der Waals surface area (Å²) in [4.78, 5) is 6.16. The molecule has 1 saturated heterocycles. The molecule has 1 aliphatic carbocycles. The van der Waals surface area contributed by atoms with Gasteiger partial charge in [0, 0.05) is 31.7 Å². The van der Waals surface area contributed by atoms with Crippen LogP contribution in [0.5, 0.6) is 0 Å². The lowest BCUT2D eigenvalue weighted by Crippen LogP contribution is -2.48. The first-order valence-corrected chi connectivity index (χ1v) is 12.5. The fraction of sp³-hybridized carbons (Fsp3) is 0.435. The van der Waals surface area contributed by atoms with E-state index in [1.54, 1.807) is 29.3 Å². The second-order valence-electron chi connectivity index (χ2n) is 8.37. The second kappa shape index (κ2) is 9.89. The molecular formula is C23H31N5O3S. The number of ether oxygens (including phenoxy) is 1. The summed E-state index contributed by atoms with van der Waals surface area (Å²) in [6, 6.07) is 14.1. The third-order valence-corrected chi connectivity index (χ3v) is 7.53. The van der Waals surface area contributed by atoms with Crippen LogP contribution in [-0.4, -0.2) is 56.9 Å². The Balaban J connectivity index is 0.000000203. The first kappa shape index (κ1) is 22.6. The van der Waals surface area contributed by atoms with Gasteiger partial charge in [-0.1, -0.05) is 24.3 Å². The molecule has 0 unspecified atom stereocenters. The number of aliphatic imine (C=N–C) groups is 1. The predicted octanol–water partition coefficient (Wildman–Crippen LogP) is 2.63. The number of piperazine rings is 1. The van der Waals surface area contributed by atoms with E-state index < -0.39 is 10.2 Å². The molecule has 0 amide bonds. The molecule has 0 atom stereocenters. The summed E-state index contributed by atoms with van der Waals surface area (Å²) in [5, 5.41) is 0. The van der Waals surface area contributed by atoms with Gasteiger partial charge in [0.1, 0.15) is 6.61 Å². The number of nitrogens with zero attached hydrogens (tertiary/aromatic N) is 3. The number of likely N-dealkylation sites (N-methyl/N-ethyl adjacent to an activating group) is 1. The molecule has 0 spiro atoms. The highest BCUT2D eigenvalue weighted by atomic mass is 32.2. The maximum atomic E-state index is 12.4. The highest BCUT2D eigenvalue weighted by molar-refractivity contribution is 7.90. The number of aryl methyl sites for hydroxylation is 2. The van der Waals surface area contributed by atoms with Gasteiger partial charge >= 0.3 is 10.2 Å². The molecule has 0 bridgehead atoms. The Labute approximate surface area is 190 Å². The van der Waals surface area contributed by atoms with E-state index in [1.165, 1.54) is 30.0 Å². The van der Waals surface area contributed by atoms with Crippen LogP contribution in [0.2, 0.25) is 0 Å². The maximum absolute atomic E-state index is 12.4. The van der Waals surface area contributed by atoms with Crippen molar-refractivity contribution in [2.45, 2.75) is 32.3 Å². The molecule has 5 rings (SSSR count). The zero-order valence-electron chi connectivity index (χ0n) is 18.5. The number of benzene rings is 2. The first-order valence-electron chi connectivity index (χ1n) is 11.0. The van der Waals surface area contributed by atoms with Crippen LogP contribution in [0.1, 0.15) is 29.5 Å². The average Bonchev–Trinajstić information content (AvgIpc) is 2.80. The van der Waals surface area contributed by atoms with Gasteiger partial charge < -0.3 is 15.4 Å². The van der Waals surface area contributed by atoms with Gasteiger partial charge in [0.25, 0.3) is 6.02 Å². The Morgan fingerprint density at radius 3 is 2.28 bits per heavy atom. The minimum absolute atomic E-state index is 0.123. The van der Waals surface area contributed by atoms with Crippen molar-refractivity contribution in [3.8, 4) is 0 Å². The van der Waals surface area contributed by atoms with E-state index in [0.717, 1.165) is 18.7 Å². The van der Waals surface area contributed by atoms with Crippen LogP contribution in [-0.2, 0) is 34.4 Å². The number of anilines is 1. The van der Waals surface area contributed by atoms with Crippen molar-refractivity contribution < 1.29 is 13.2 Å². The van der Waals surface area contributed by atoms with Gasteiger partial charge in [-0.2, -0.15) is 17.7 Å². The Morgan fingerprint density at radius 2 is 1.62 bits per heavy atom. The van der Waals surface area contributed by atoms with Crippen molar-refractivity contribution in [1.82, 2.24) is 9.21 Å². The Bertz CT molecular complexity index is 1050. The van der Waals surface area contributed by atoms with Gasteiger partial charge in [0.05, 0.1) is 11.4 Å². The van der Waals surface area contributed by atoms with Crippen molar-refractivity contribution >= 4 is 27.6 Å². The van der Waals surface area contributed by atoms with Crippen LogP contribution in [0.4, 0.5) is 11.4 Å². The van der Waals surface area contributed by atoms with Crippen LogP contribution in [0.15, 0.2) is 47.5 Å². The highest BCUT2D eigenvalue weighted by Crippen LogP contribution is 2.27. The van der Waals surface area contributed by atoms with Gasteiger partial charge in [-0.25, -0.2) is 0 Å². The van der Waals surface area contributed by atoms with Gasteiger partial charge in [-0.3, -0.25) is 4.72 Å². The first-order chi connectivity index (χ1) is 15.4. The highest BCUT2D eigenvalue weighted by Gasteiger charge is 2.26.